The number of rotatable bonds is 3. The fourth-order valence-corrected chi connectivity index (χ4v) is 2.32. The monoisotopic (exact) mass is 284 g/mol. The molecule has 0 spiro atoms. The quantitative estimate of drug-likeness (QED) is 0.924. The lowest BCUT2D eigenvalue weighted by Gasteiger charge is -2.42. The Labute approximate surface area is 116 Å². The minimum atomic E-state index is -2.89. The lowest BCUT2D eigenvalue weighted by atomic mass is 9.98. The van der Waals surface area contributed by atoms with Crippen LogP contribution in [0.15, 0.2) is 24.3 Å². The first-order valence-corrected chi connectivity index (χ1v) is 6.48. The number of amides is 1. The maximum absolute atomic E-state index is 12.5. The van der Waals surface area contributed by atoms with Crippen LogP contribution < -0.4 is 10.1 Å². The molecule has 0 aromatic heterocycles. The molecular formula is C14H18F2N2O2. The molecule has 1 aliphatic heterocycles. The minimum Gasteiger partial charge on any atom is -0.435 e. The second-order valence-electron chi connectivity index (χ2n) is 5.35. The van der Waals surface area contributed by atoms with Crippen molar-refractivity contribution < 1.29 is 18.3 Å². The number of alkyl halides is 2. The molecule has 1 amide bonds. The van der Waals surface area contributed by atoms with E-state index in [-0.39, 0.29) is 17.2 Å². The number of ether oxygens (including phenoxy) is 1. The topological polar surface area (TPSA) is 41.6 Å². The predicted molar refractivity (Wildman–Crippen MR) is 71.1 cm³/mol. The zero-order chi connectivity index (χ0) is 14.8. The summed E-state index contributed by atoms with van der Waals surface area (Å²) < 4.78 is 28.7. The molecule has 20 heavy (non-hydrogen) atoms. The summed E-state index contributed by atoms with van der Waals surface area (Å²) in [5.74, 6) is -0.171. The van der Waals surface area contributed by atoms with Gasteiger partial charge in [0.25, 0.3) is 5.91 Å². The van der Waals surface area contributed by atoms with Crippen LogP contribution in [0.25, 0.3) is 0 Å². The largest absolute Gasteiger partial charge is 0.435 e. The summed E-state index contributed by atoms with van der Waals surface area (Å²) in [5.41, 5.74) is 0.0488. The van der Waals surface area contributed by atoms with Crippen molar-refractivity contribution >= 4 is 5.91 Å². The van der Waals surface area contributed by atoms with Crippen molar-refractivity contribution in [1.29, 1.82) is 0 Å². The summed E-state index contributed by atoms with van der Waals surface area (Å²) in [6, 6.07) is 5.91. The van der Waals surface area contributed by atoms with Gasteiger partial charge < -0.3 is 15.0 Å². The Morgan fingerprint density at radius 2 is 2.20 bits per heavy atom. The van der Waals surface area contributed by atoms with Gasteiger partial charge >= 0.3 is 6.61 Å². The number of hydrogen-bond donors (Lipinski definition) is 1. The first-order valence-electron chi connectivity index (χ1n) is 6.48. The van der Waals surface area contributed by atoms with Crippen molar-refractivity contribution in [3.8, 4) is 5.75 Å². The van der Waals surface area contributed by atoms with Gasteiger partial charge in [-0.15, -0.1) is 0 Å². The molecule has 1 aromatic carbocycles. The molecule has 0 saturated carbocycles. The van der Waals surface area contributed by atoms with Crippen LogP contribution >= 0.6 is 0 Å². The number of nitrogens with zero attached hydrogens (tertiary/aromatic N) is 1. The second-order valence-corrected chi connectivity index (χ2v) is 5.35. The molecule has 1 aromatic rings. The molecule has 0 aliphatic carbocycles. The Morgan fingerprint density at radius 1 is 1.45 bits per heavy atom. The van der Waals surface area contributed by atoms with E-state index in [4.69, 9.17) is 0 Å². The molecule has 1 aliphatic rings. The summed E-state index contributed by atoms with van der Waals surface area (Å²) in [6.45, 7) is 3.06. The third-order valence-corrected chi connectivity index (χ3v) is 3.35. The Bertz CT molecular complexity index is 492. The van der Waals surface area contributed by atoms with Crippen molar-refractivity contribution in [3.63, 3.8) is 0 Å². The van der Waals surface area contributed by atoms with E-state index < -0.39 is 6.61 Å². The van der Waals surface area contributed by atoms with Gasteiger partial charge in [0.2, 0.25) is 0 Å². The molecular weight excluding hydrogens is 266 g/mol. The molecule has 6 heteroatoms. The van der Waals surface area contributed by atoms with Crippen molar-refractivity contribution in [2.75, 3.05) is 19.6 Å². The molecule has 1 N–H and O–H groups in total. The third-order valence-electron chi connectivity index (χ3n) is 3.35. The van der Waals surface area contributed by atoms with E-state index in [0.29, 0.717) is 18.7 Å². The van der Waals surface area contributed by atoms with E-state index in [2.05, 4.69) is 10.1 Å². The van der Waals surface area contributed by atoms with E-state index in [0.717, 1.165) is 6.54 Å². The molecule has 0 atom stereocenters. The van der Waals surface area contributed by atoms with Crippen molar-refractivity contribution in [2.24, 2.45) is 0 Å². The van der Waals surface area contributed by atoms with Gasteiger partial charge in [0.15, 0.2) is 0 Å². The van der Waals surface area contributed by atoms with Gasteiger partial charge in [-0.1, -0.05) is 6.07 Å². The van der Waals surface area contributed by atoms with E-state index >= 15 is 0 Å². The van der Waals surface area contributed by atoms with Crippen LogP contribution in [0.2, 0.25) is 0 Å². The Morgan fingerprint density at radius 3 is 2.85 bits per heavy atom. The van der Waals surface area contributed by atoms with Crippen LogP contribution in [0.1, 0.15) is 24.2 Å². The number of piperazine rings is 1. The number of benzene rings is 1. The standard InChI is InChI=1S/C14H18F2N2O2/c1-14(2)9-17-6-7-18(14)12(19)10-4-3-5-11(8-10)20-13(15)16/h3-5,8,13,17H,6-7,9H2,1-2H3. The molecule has 1 fully saturated rings. The van der Waals surface area contributed by atoms with E-state index in [1.165, 1.54) is 12.1 Å². The van der Waals surface area contributed by atoms with Gasteiger partial charge in [0, 0.05) is 25.2 Å². The molecule has 110 valence electrons. The van der Waals surface area contributed by atoms with Crippen molar-refractivity contribution in [1.82, 2.24) is 10.2 Å². The molecule has 1 heterocycles. The Hall–Kier alpha value is -1.69. The lowest BCUT2D eigenvalue weighted by Crippen LogP contribution is -2.59. The second kappa shape index (κ2) is 5.75. The number of hydrogen-bond acceptors (Lipinski definition) is 3. The number of carbonyl (C=O) groups excluding carboxylic acids is 1. The average molecular weight is 284 g/mol. The summed E-state index contributed by atoms with van der Waals surface area (Å²) in [5, 5.41) is 3.23. The first-order chi connectivity index (χ1) is 9.40. The van der Waals surface area contributed by atoms with Crippen LogP contribution in [0.4, 0.5) is 8.78 Å². The van der Waals surface area contributed by atoms with Gasteiger partial charge in [0.1, 0.15) is 5.75 Å². The summed E-state index contributed by atoms with van der Waals surface area (Å²) in [4.78, 5) is 14.3. The van der Waals surface area contributed by atoms with E-state index in [1.807, 2.05) is 13.8 Å². The van der Waals surface area contributed by atoms with E-state index in [9.17, 15) is 13.6 Å². The molecule has 1 saturated heterocycles. The highest BCUT2D eigenvalue weighted by Crippen LogP contribution is 2.22. The minimum absolute atomic E-state index is 0.00112. The van der Waals surface area contributed by atoms with Gasteiger partial charge in [-0.3, -0.25) is 4.79 Å². The molecule has 0 unspecified atom stereocenters. The fourth-order valence-electron chi connectivity index (χ4n) is 2.32. The lowest BCUT2D eigenvalue weighted by molar-refractivity contribution is -0.0499. The Balaban J connectivity index is 2.20. The highest BCUT2D eigenvalue weighted by atomic mass is 19.3. The Kier molecular flexibility index (Phi) is 4.23. The number of nitrogens with one attached hydrogen (secondary N) is 1. The molecule has 0 radical (unpaired) electrons. The predicted octanol–water partition coefficient (Wildman–Crippen LogP) is 2.11. The van der Waals surface area contributed by atoms with E-state index in [1.54, 1.807) is 17.0 Å². The zero-order valence-electron chi connectivity index (χ0n) is 11.5. The van der Waals surface area contributed by atoms with Crippen LogP contribution in [-0.4, -0.2) is 42.6 Å². The average Bonchev–Trinajstić information content (AvgIpc) is 2.37. The molecule has 0 bridgehead atoms. The highest BCUT2D eigenvalue weighted by Gasteiger charge is 2.33. The van der Waals surface area contributed by atoms with Crippen LogP contribution in [0.3, 0.4) is 0 Å². The summed E-state index contributed by atoms with van der Waals surface area (Å²) in [6.07, 6.45) is 0. The zero-order valence-corrected chi connectivity index (χ0v) is 11.5. The van der Waals surface area contributed by atoms with Gasteiger partial charge in [0.05, 0.1) is 5.54 Å². The maximum Gasteiger partial charge on any atom is 0.387 e. The van der Waals surface area contributed by atoms with Crippen LogP contribution in [0, 0.1) is 0 Å². The normalized spacial score (nSPS) is 18.1. The van der Waals surface area contributed by atoms with Crippen LogP contribution in [0.5, 0.6) is 5.75 Å². The van der Waals surface area contributed by atoms with Gasteiger partial charge in [-0.25, -0.2) is 0 Å². The van der Waals surface area contributed by atoms with Gasteiger partial charge in [-0.2, -0.15) is 8.78 Å². The van der Waals surface area contributed by atoms with Gasteiger partial charge in [-0.05, 0) is 32.0 Å². The number of halogens is 2. The SMILES string of the molecule is CC1(C)CNCCN1C(=O)c1cccc(OC(F)F)c1. The van der Waals surface area contributed by atoms with Crippen LogP contribution in [-0.2, 0) is 0 Å². The summed E-state index contributed by atoms with van der Waals surface area (Å²) in [7, 11) is 0. The van der Waals surface area contributed by atoms with Crippen molar-refractivity contribution in [3.05, 3.63) is 29.8 Å². The van der Waals surface area contributed by atoms with Crippen molar-refractivity contribution in [2.45, 2.75) is 26.0 Å². The fraction of sp³-hybridized carbons (Fsp3) is 0.500. The highest BCUT2D eigenvalue weighted by molar-refractivity contribution is 5.95. The number of carbonyl (C=O) groups is 1. The third kappa shape index (κ3) is 3.25. The molecule has 4 nitrogen and oxygen atoms in total. The maximum atomic E-state index is 12.5. The first kappa shape index (κ1) is 14.7. The summed E-state index contributed by atoms with van der Waals surface area (Å²) >= 11 is 0. The smallest absolute Gasteiger partial charge is 0.387 e. The molecule has 2 rings (SSSR count).